The molecule has 216 valence electrons. The van der Waals surface area contributed by atoms with E-state index in [-0.39, 0.29) is 24.8 Å². The molecule has 1 aliphatic heterocycles. The Balaban J connectivity index is 1.37. The average molecular weight is 581 g/mol. The summed E-state index contributed by atoms with van der Waals surface area (Å²) in [6.45, 7) is 2.47. The summed E-state index contributed by atoms with van der Waals surface area (Å²) in [7, 11) is 0. The Bertz CT molecular complexity index is 1370. The number of halogens is 2. The fourth-order valence-electron chi connectivity index (χ4n) is 5.32. The number of anilines is 2. The number of carbonyl (C=O) groups excluding carboxylic acids is 2. The Hall–Kier alpha value is -3.60. The summed E-state index contributed by atoms with van der Waals surface area (Å²) in [5, 5.41) is 5.85. The van der Waals surface area contributed by atoms with Crippen molar-refractivity contribution in [3.05, 3.63) is 83.0 Å². The van der Waals surface area contributed by atoms with Crippen LogP contribution in [0.4, 0.5) is 20.7 Å². The van der Waals surface area contributed by atoms with Gasteiger partial charge in [0.2, 0.25) is 5.91 Å². The summed E-state index contributed by atoms with van der Waals surface area (Å²) in [6.07, 6.45) is 8.72. The third-order valence-corrected chi connectivity index (χ3v) is 7.99. The number of nitrogens with two attached hydrogens (primary N) is 1. The highest BCUT2D eigenvalue weighted by Crippen LogP contribution is 2.40. The van der Waals surface area contributed by atoms with Crippen molar-refractivity contribution in [1.29, 1.82) is 0 Å². The summed E-state index contributed by atoms with van der Waals surface area (Å²) in [6, 6.07) is 10.1. The molecule has 9 nitrogen and oxygen atoms in total. The first-order chi connectivity index (χ1) is 19.8. The number of ether oxygens (including phenoxy) is 1. The minimum Gasteiger partial charge on any atom is -0.377 e. The van der Waals surface area contributed by atoms with Gasteiger partial charge in [-0.2, -0.15) is 0 Å². The molecule has 3 amide bonds. The first-order valence-electron chi connectivity index (χ1n) is 13.9. The lowest BCUT2D eigenvalue weighted by molar-refractivity contribution is -0.119. The van der Waals surface area contributed by atoms with E-state index < -0.39 is 29.3 Å². The van der Waals surface area contributed by atoms with Gasteiger partial charge in [-0.25, -0.2) is 14.2 Å². The molecule has 4 N–H and O–H groups in total. The van der Waals surface area contributed by atoms with Gasteiger partial charge in [-0.15, -0.1) is 0 Å². The number of pyridine rings is 2. The van der Waals surface area contributed by atoms with Crippen LogP contribution >= 0.6 is 11.6 Å². The second-order valence-corrected chi connectivity index (χ2v) is 11.1. The van der Waals surface area contributed by atoms with Crippen LogP contribution < -0.4 is 16.4 Å². The van der Waals surface area contributed by atoms with Gasteiger partial charge in [0.1, 0.15) is 17.7 Å². The molecule has 2 aromatic heterocycles. The van der Waals surface area contributed by atoms with Gasteiger partial charge in [0.25, 0.3) is 0 Å². The number of benzene rings is 1. The Labute approximate surface area is 243 Å². The third kappa shape index (κ3) is 6.83. The maximum Gasteiger partial charge on any atom is 0.323 e. The SMILES string of the molecule is CCO[C@@H]1C[C@H](C(=O)Nc2cc(C(N)(CCC3CC3)c3ccncc3)ccc2F)N(C(=O)Nc2ccc(Cl)cn2)C1. The molecule has 2 aliphatic rings. The Morgan fingerprint density at radius 1 is 1.15 bits per heavy atom. The number of nitrogens with zero attached hydrogens (tertiary/aromatic N) is 3. The first-order valence-corrected chi connectivity index (χ1v) is 14.3. The number of rotatable bonds is 10. The highest BCUT2D eigenvalue weighted by Gasteiger charge is 2.41. The van der Waals surface area contributed by atoms with Crippen LogP contribution in [-0.4, -0.2) is 52.1 Å². The van der Waals surface area contributed by atoms with Crippen LogP contribution in [0.1, 0.15) is 50.2 Å². The molecule has 1 aliphatic carbocycles. The zero-order chi connectivity index (χ0) is 29.0. The van der Waals surface area contributed by atoms with E-state index in [1.54, 1.807) is 36.7 Å². The van der Waals surface area contributed by atoms with Crippen molar-refractivity contribution in [2.75, 3.05) is 23.8 Å². The van der Waals surface area contributed by atoms with Crippen LogP contribution in [0.5, 0.6) is 0 Å². The summed E-state index contributed by atoms with van der Waals surface area (Å²) in [5.74, 6) is -0.173. The van der Waals surface area contributed by atoms with Gasteiger partial charge >= 0.3 is 6.03 Å². The predicted octanol–water partition coefficient (Wildman–Crippen LogP) is 5.31. The number of nitrogens with one attached hydrogen (secondary N) is 2. The van der Waals surface area contributed by atoms with Gasteiger partial charge in [-0.05, 0) is 73.2 Å². The van der Waals surface area contributed by atoms with Crippen molar-refractivity contribution < 1.29 is 18.7 Å². The third-order valence-electron chi connectivity index (χ3n) is 7.77. The maximum atomic E-state index is 15.1. The molecule has 0 spiro atoms. The lowest BCUT2D eigenvalue weighted by Gasteiger charge is -2.31. The van der Waals surface area contributed by atoms with Crippen molar-refractivity contribution in [1.82, 2.24) is 14.9 Å². The predicted molar refractivity (Wildman–Crippen MR) is 155 cm³/mol. The topological polar surface area (TPSA) is 122 Å². The molecule has 0 bridgehead atoms. The number of amides is 3. The zero-order valence-electron chi connectivity index (χ0n) is 22.9. The van der Waals surface area contributed by atoms with Gasteiger partial charge in [0.05, 0.1) is 22.4 Å². The average Bonchev–Trinajstić information content (AvgIpc) is 3.71. The second kappa shape index (κ2) is 12.5. The van der Waals surface area contributed by atoms with Gasteiger partial charge < -0.3 is 20.7 Å². The Morgan fingerprint density at radius 3 is 2.61 bits per heavy atom. The van der Waals surface area contributed by atoms with Gasteiger partial charge in [0.15, 0.2) is 0 Å². The van der Waals surface area contributed by atoms with Crippen LogP contribution in [0, 0.1) is 11.7 Å². The van der Waals surface area contributed by atoms with Crippen molar-refractivity contribution in [3.63, 3.8) is 0 Å². The fraction of sp³-hybridized carbons (Fsp3) is 0.400. The van der Waals surface area contributed by atoms with E-state index in [2.05, 4.69) is 20.6 Å². The summed E-state index contributed by atoms with van der Waals surface area (Å²) >= 11 is 5.90. The largest absolute Gasteiger partial charge is 0.377 e. The molecule has 41 heavy (non-hydrogen) atoms. The molecule has 5 rings (SSSR count). The first kappa shape index (κ1) is 28.9. The van der Waals surface area contributed by atoms with Gasteiger partial charge in [-0.1, -0.05) is 30.5 Å². The van der Waals surface area contributed by atoms with E-state index in [0.29, 0.717) is 35.3 Å². The lowest BCUT2D eigenvalue weighted by atomic mass is 9.79. The van der Waals surface area contributed by atoms with E-state index >= 15 is 4.39 Å². The Morgan fingerprint density at radius 2 is 1.93 bits per heavy atom. The number of hydrogen-bond acceptors (Lipinski definition) is 6. The molecule has 3 aromatic rings. The monoisotopic (exact) mass is 580 g/mol. The van der Waals surface area contributed by atoms with E-state index in [0.717, 1.165) is 12.0 Å². The van der Waals surface area contributed by atoms with E-state index in [4.69, 9.17) is 22.1 Å². The van der Waals surface area contributed by atoms with Crippen molar-refractivity contribution in [2.24, 2.45) is 11.7 Å². The van der Waals surface area contributed by atoms with E-state index in [9.17, 15) is 9.59 Å². The number of aromatic nitrogens is 2. The maximum absolute atomic E-state index is 15.1. The molecular weight excluding hydrogens is 547 g/mol. The minimum absolute atomic E-state index is 0.00221. The number of hydrogen-bond donors (Lipinski definition) is 3. The molecule has 1 unspecified atom stereocenters. The van der Waals surface area contributed by atoms with Crippen LogP contribution in [0.15, 0.2) is 61.1 Å². The highest BCUT2D eigenvalue weighted by atomic mass is 35.5. The smallest absolute Gasteiger partial charge is 0.323 e. The quantitative estimate of drug-likeness (QED) is 0.299. The highest BCUT2D eigenvalue weighted by molar-refractivity contribution is 6.30. The molecule has 3 atom stereocenters. The molecule has 1 saturated heterocycles. The van der Waals surface area contributed by atoms with E-state index in [1.165, 1.54) is 30.0 Å². The van der Waals surface area contributed by atoms with Crippen LogP contribution in [0.2, 0.25) is 5.02 Å². The van der Waals surface area contributed by atoms with Crippen LogP contribution in [0.25, 0.3) is 0 Å². The second-order valence-electron chi connectivity index (χ2n) is 10.6. The molecule has 0 radical (unpaired) electrons. The number of urea groups is 1. The fourth-order valence-corrected chi connectivity index (χ4v) is 5.43. The number of likely N-dealkylation sites (tertiary alicyclic amines) is 1. The van der Waals surface area contributed by atoms with Gasteiger partial charge in [0, 0.05) is 38.2 Å². The van der Waals surface area contributed by atoms with Crippen molar-refractivity contribution in [3.8, 4) is 0 Å². The Kier molecular flexibility index (Phi) is 8.82. The van der Waals surface area contributed by atoms with Gasteiger partial charge in [-0.3, -0.25) is 15.1 Å². The number of carbonyl (C=O) groups is 2. The van der Waals surface area contributed by atoms with Crippen molar-refractivity contribution in [2.45, 2.75) is 56.7 Å². The zero-order valence-corrected chi connectivity index (χ0v) is 23.6. The van der Waals surface area contributed by atoms with Crippen molar-refractivity contribution >= 4 is 35.0 Å². The summed E-state index contributed by atoms with van der Waals surface area (Å²) in [5.41, 5.74) is 7.70. The van der Waals surface area contributed by atoms with Crippen LogP contribution in [-0.2, 0) is 15.1 Å². The van der Waals surface area contributed by atoms with E-state index in [1.807, 2.05) is 19.1 Å². The molecule has 3 heterocycles. The normalized spacial score (nSPS) is 20.0. The standard InChI is InChI=1S/C30H34ClFN6O3/c1-2-41-23-16-26(38(18-23)29(40)37-27-8-6-22(31)17-35-27)28(39)36-25-15-21(5-7-24(25)32)30(33,12-9-19-3-4-19)20-10-13-34-14-11-20/h5-8,10-11,13-15,17,19,23,26H,2-4,9,12,16,18,33H2,1H3,(H,36,39)(H,35,37,40)/t23-,26-,30?/m1/s1. The molecule has 1 saturated carbocycles. The molecule has 11 heteroatoms. The molecule has 1 aromatic carbocycles. The minimum atomic E-state index is -0.889. The molecule has 2 fully saturated rings. The van der Waals surface area contributed by atoms with Crippen LogP contribution in [0.3, 0.4) is 0 Å². The summed E-state index contributed by atoms with van der Waals surface area (Å²) < 4.78 is 20.8. The summed E-state index contributed by atoms with van der Waals surface area (Å²) in [4.78, 5) is 36.3. The lowest BCUT2D eigenvalue weighted by Crippen LogP contribution is -2.45. The molecular formula is C30H34ClFN6O3.